The number of aromatic nitrogens is 2. The van der Waals surface area contributed by atoms with E-state index in [4.69, 9.17) is 10.3 Å². The molecular formula is C7H11N3O. The van der Waals surface area contributed by atoms with Gasteiger partial charge >= 0.3 is 0 Å². The first kappa shape index (κ1) is 6.79. The fourth-order valence-electron chi connectivity index (χ4n) is 1.27. The van der Waals surface area contributed by atoms with Crippen molar-refractivity contribution in [1.29, 1.82) is 0 Å². The molecule has 0 radical (unpaired) electrons. The van der Waals surface area contributed by atoms with Crippen molar-refractivity contribution >= 4 is 0 Å². The quantitative estimate of drug-likeness (QED) is 0.677. The van der Waals surface area contributed by atoms with Crippen LogP contribution in [-0.2, 0) is 5.54 Å². The van der Waals surface area contributed by atoms with Crippen molar-refractivity contribution in [2.75, 3.05) is 0 Å². The molecule has 0 bridgehead atoms. The predicted octanol–water partition coefficient (Wildman–Crippen LogP) is 0.653. The third-order valence-corrected chi connectivity index (χ3v) is 2.25. The molecule has 1 fully saturated rings. The summed E-state index contributed by atoms with van der Waals surface area (Å²) in [6, 6.07) is 0. The van der Waals surface area contributed by atoms with Crippen molar-refractivity contribution < 1.29 is 4.52 Å². The molecular weight excluding hydrogens is 142 g/mol. The van der Waals surface area contributed by atoms with E-state index in [2.05, 4.69) is 10.1 Å². The van der Waals surface area contributed by atoms with E-state index < -0.39 is 5.54 Å². The lowest BCUT2D eigenvalue weighted by Gasteiger charge is -2.18. The summed E-state index contributed by atoms with van der Waals surface area (Å²) in [6.07, 6.45) is 3.74. The van der Waals surface area contributed by atoms with Crippen LogP contribution in [0.25, 0.3) is 0 Å². The van der Waals surface area contributed by atoms with Crippen LogP contribution in [0.5, 0.6) is 0 Å². The van der Waals surface area contributed by atoms with Gasteiger partial charge in [-0.05, 0) is 25.7 Å². The number of rotatable bonds is 2. The molecule has 1 unspecified atom stereocenters. The maximum absolute atomic E-state index is 5.99. The Bertz CT molecular complexity index is 238. The number of hydrogen-bond acceptors (Lipinski definition) is 4. The Morgan fingerprint density at radius 3 is 2.91 bits per heavy atom. The standard InChI is InChI=1S/C7H11N3O/c1-7(8,5-2-3-5)6-9-4-10-11-6/h4-5H,2-3,8H2,1H3. The van der Waals surface area contributed by atoms with Gasteiger partial charge in [-0.25, -0.2) is 0 Å². The first-order chi connectivity index (χ1) is 5.21. The Kier molecular flexibility index (Phi) is 1.26. The monoisotopic (exact) mass is 153 g/mol. The molecule has 1 aliphatic rings. The van der Waals surface area contributed by atoms with Crippen LogP contribution >= 0.6 is 0 Å². The summed E-state index contributed by atoms with van der Waals surface area (Å²) in [5.74, 6) is 1.09. The van der Waals surface area contributed by atoms with Crippen LogP contribution in [0, 0.1) is 5.92 Å². The molecule has 0 aliphatic heterocycles. The van der Waals surface area contributed by atoms with E-state index in [1.54, 1.807) is 0 Å². The van der Waals surface area contributed by atoms with Gasteiger partial charge in [-0.15, -0.1) is 0 Å². The Hall–Kier alpha value is -0.900. The molecule has 4 heteroatoms. The predicted molar refractivity (Wildman–Crippen MR) is 38.6 cm³/mol. The second kappa shape index (κ2) is 2.04. The van der Waals surface area contributed by atoms with Gasteiger partial charge in [0.15, 0.2) is 6.33 Å². The minimum Gasteiger partial charge on any atom is -0.338 e. The summed E-state index contributed by atoms with van der Waals surface area (Å²) in [6.45, 7) is 1.94. The van der Waals surface area contributed by atoms with Crippen molar-refractivity contribution in [3.63, 3.8) is 0 Å². The SMILES string of the molecule is CC(N)(c1ncno1)C1CC1. The van der Waals surface area contributed by atoms with E-state index in [9.17, 15) is 0 Å². The van der Waals surface area contributed by atoms with Gasteiger partial charge in [-0.1, -0.05) is 5.16 Å². The third kappa shape index (κ3) is 1.03. The molecule has 1 aromatic heterocycles. The van der Waals surface area contributed by atoms with Crippen molar-refractivity contribution in [3.05, 3.63) is 12.2 Å². The zero-order valence-corrected chi connectivity index (χ0v) is 6.45. The zero-order chi connectivity index (χ0) is 7.90. The minimum absolute atomic E-state index is 0.406. The molecule has 1 aromatic rings. The highest BCUT2D eigenvalue weighted by Gasteiger charge is 2.43. The van der Waals surface area contributed by atoms with Gasteiger partial charge < -0.3 is 10.3 Å². The van der Waals surface area contributed by atoms with Crippen LogP contribution in [-0.4, -0.2) is 10.1 Å². The van der Waals surface area contributed by atoms with Crippen LogP contribution in [0.3, 0.4) is 0 Å². The fourth-order valence-corrected chi connectivity index (χ4v) is 1.27. The largest absolute Gasteiger partial charge is 0.338 e. The van der Waals surface area contributed by atoms with Crippen LogP contribution < -0.4 is 5.73 Å². The first-order valence-corrected chi connectivity index (χ1v) is 3.77. The molecule has 1 atom stereocenters. The highest BCUT2D eigenvalue weighted by molar-refractivity contribution is 5.05. The summed E-state index contributed by atoms with van der Waals surface area (Å²) in [4.78, 5) is 3.95. The van der Waals surface area contributed by atoms with Crippen LogP contribution in [0.15, 0.2) is 10.9 Å². The molecule has 2 rings (SSSR count). The Balaban J connectivity index is 2.26. The van der Waals surface area contributed by atoms with Gasteiger partial charge in [0.2, 0.25) is 5.89 Å². The summed E-state index contributed by atoms with van der Waals surface area (Å²) in [7, 11) is 0. The maximum atomic E-state index is 5.99. The molecule has 0 saturated heterocycles. The third-order valence-electron chi connectivity index (χ3n) is 2.25. The Morgan fingerprint density at radius 1 is 1.73 bits per heavy atom. The fraction of sp³-hybridized carbons (Fsp3) is 0.714. The van der Waals surface area contributed by atoms with E-state index >= 15 is 0 Å². The number of nitrogens with two attached hydrogens (primary N) is 1. The van der Waals surface area contributed by atoms with Gasteiger partial charge in [-0.3, -0.25) is 0 Å². The zero-order valence-electron chi connectivity index (χ0n) is 6.45. The van der Waals surface area contributed by atoms with E-state index in [1.807, 2.05) is 6.92 Å². The van der Waals surface area contributed by atoms with Crippen LogP contribution in [0.2, 0.25) is 0 Å². The Labute approximate surface area is 64.8 Å². The molecule has 1 heterocycles. The van der Waals surface area contributed by atoms with Gasteiger partial charge in [0.05, 0.1) is 5.54 Å². The smallest absolute Gasteiger partial charge is 0.246 e. The van der Waals surface area contributed by atoms with E-state index in [0.29, 0.717) is 11.8 Å². The second-order valence-corrected chi connectivity index (χ2v) is 3.30. The summed E-state index contributed by atoms with van der Waals surface area (Å²) >= 11 is 0. The molecule has 0 aromatic carbocycles. The molecule has 1 aliphatic carbocycles. The Morgan fingerprint density at radius 2 is 2.45 bits per heavy atom. The molecule has 0 amide bonds. The lowest BCUT2D eigenvalue weighted by Crippen LogP contribution is -2.35. The second-order valence-electron chi connectivity index (χ2n) is 3.30. The summed E-state index contributed by atoms with van der Waals surface area (Å²) < 4.78 is 4.91. The molecule has 1 saturated carbocycles. The minimum atomic E-state index is -0.406. The molecule has 60 valence electrons. The molecule has 11 heavy (non-hydrogen) atoms. The molecule has 0 spiro atoms. The molecule has 4 nitrogen and oxygen atoms in total. The van der Waals surface area contributed by atoms with Gasteiger partial charge in [0.1, 0.15) is 0 Å². The maximum Gasteiger partial charge on any atom is 0.246 e. The number of nitrogens with zero attached hydrogens (tertiary/aromatic N) is 2. The van der Waals surface area contributed by atoms with Crippen molar-refractivity contribution in [1.82, 2.24) is 10.1 Å². The molecule has 2 N–H and O–H groups in total. The highest BCUT2D eigenvalue weighted by Crippen LogP contribution is 2.42. The lowest BCUT2D eigenvalue weighted by atomic mass is 9.98. The van der Waals surface area contributed by atoms with Gasteiger partial charge in [0.25, 0.3) is 0 Å². The first-order valence-electron chi connectivity index (χ1n) is 3.77. The van der Waals surface area contributed by atoms with Gasteiger partial charge in [0, 0.05) is 0 Å². The van der Waals surface area contributed by atoms with E-state index in [1.165, 1.54) is 19.2 Å². The topological polar surface area (TPSA) is 64.9 Å². The lowest BCUT2D eigenvalue weighted by molar-refractivity contribution is 0.273. The highest BCUT2D eigenvalue weighted by atomic mass is 16.5. The van der Waals surface area contributed by atoms with Crippen LogP contribution in [0.4, 0.5) is 0 Å². The number of hydrogen-bond donors (Lipinski definition) is 1. The van der Waals surface area contributed by atoms with E-state index in [-0.39, 0.29) is 0 Å². The van der Waals surface area contributed by atoms with Crippen LogP contribution in [0.1, 0.15) is 25.7 Å². The normalized spacial score (nSPS) is 23.1. The average molecular weight is 153 g/mol. The van der Waals surface area contributed by atoms with Crippen molar-refractivity contribution in [2.45, 2.75) is 25.3 Å². The van der Waals surface area contributed by atoms with Crippen molar-refractivity contribution in [2.24, 2.45) is 11.7 Å². The summed E-state index contributed by atoms with van der Waals surface area (Å²) in [5, 5.41) is 3.53. The van der Waals surface area contributed by atoms with Crippen molar-refractivity contribution in [3.8, 4) is 0 Å². The summed E-state index contributed by atoms with van der Waals surface area (Å²) in [5.41, 5.74) is 5.59. The van der Waals surface area contributed by atoms with E-state index in [0.717, 1.165) is 0 Å². The van der Waals surface area contributed by atoms with Gasteiger partial charge in [-0.2, -0.15) is 4.98 Å². The average Bonchev–Trinajstić information content (AvgIpc) is 2.66.